The summed E-state index contributed by atoms with van der Waals surface area (Å²) < 4.78 is 29.0. The van der Waals surface area contributed by atoms with Crippen molar-refractivity contribution in [2.24, 2.45) is 0 Å². The van der Waals surface area contributed by atoms with Gasteiger partial charge in [0.2, 0.25) is 5.75 Å². The lowest BCUT2D eigenvalue weighted by molar-refractivity contribution is -0.180. The zero-order valence-corrected chi connectivity index (χ0v) is 16.1. The van der Waals surface area contributed by atoms with Gasteiger partial charge in [0.1, 0.15) is 0 Å². The summed E-state index contributed by atoms with van der Waals surface area (Å²) in [5, 5.41) is 0. The van der Waals surface area contributed by atoms with Crippen molar-refractivity contribution in [2.45, 2.75) is 37.2 Å². The van der Waals surface area contributed by atoms with Crippen molar-refractivity contribution in [3.63, 3.8) is 0 Å². The SMILES string of the molecule is COc1cc2c(c(OC)c1OC)[C@@H](OC)O[C@@H]1CC=C3CCN(C)[C@H]3[C@H]21. The Hall–Kier alpha value is -1.76. The lowest BCUT2D eigenvalue weighted by atomic mass is 9.74. The molecule has 0 saturated carbocycles. The highest BCUT2D eigenvalue weighted by molar-refractivity contribution is 5.62. The highest BCUT2D eigenvalue weighted by atomic mass is 16.7. The van der Waals surface area contributed by atoms with Crippen LogP contribution >= 0.6 is 0 Å². The van der Waals surface area contributed by atoms with Gasteiger partial charge in [0.05, 0.1) is 33.0 Å². The first kappa shape index (κ1) is 17.6. The first-order valence-corrected chi connectivity index (χ1v) is 9.04. The van der Waals surface area contributed by atoms with Gasteiger partial charge in [-0.25, -0.2) is 0 Å². The molecule has 2 aliphatic heterocycles. The Labute approximate surface area is 154 Å². The molecule has 0 amide bonds. The maximum atomic E-state index is 6.37. The van der Waals surface area contributed by atoms with Gasteiger partial charge in [0.25, 0.3) is 0 Å². The van der Waals surface area contributed by atoms with Crippen molar-refractivity contribution in [3.05, 3.63) is 28.8 Å². The minimum atomic E-state index is -0.484. The molecule has 1 fully saturated rings. The highest BCUT2D eigenvalue weighted by Crippen LogP contribution is 2.55. The lowest BCUT2D eigenvalue weighted by Crippen LogP contribution is -2.45. The summed E-state index contributed by atoms with van der Waals surface area (Å²) in [5.41, 5.74) is 3.59. The standard InChI is InChI=1S/C20H27NO5/c1-21-9-8-11-6-7-13-15(17(11)21)12-10-14(22-2)18(23-3)19(24-4)16(12)20(25-5)26-13/h6,10,13,15,17,20H,7-9H2,1-5H3/t13-,15-,17-,20+/m1/s1. The number of ether oxygens (including phenoxy) is 5. The molecule has 142 valence electrons. The van der Waals surface area contributed by atoms with Crippen molar-refractivity contribution in [3.8, 4) is 17.2 Å². The summed E-state index contributed by atoms with van der Waals surface area (Å²) in [5.74, 6) is 2.10. The predicted molar refractivity (Wildman–Crippen MR) is 97.2 cm³/mol. The van der Waals surface area contributed by atoms with Crippen LogP contribution in [0.25, 0.3) is 0 Å². The third-order valence-corrected chi connectivity index (χ3v) is 5.97. The molecule has 0 aromatic heterocycles. The smallest absolute Gasteiger partial charge is 0.203 e. The largest absolute Gasteiger partial charge is 0.493 e. The van der Waals surface area contributed by atoms with Crippen LogP contribution in [0.2, 0.25) is 0 Å². The van der Waals surface area contributed by atoms with Crippen LogP contribution in [-0.4, -0.2) is 59.1 Å². The summed E-state index contributed by atoms with van der Waals surface area (Å²) in [7, 11) is 8.77. The van der Waals surface area contributed by atoms with E-state index in [1.807, 2.05) is 0 Å². The molecule has 2 heterocycles. The summed E-state index contributed by atoms with van der Waals surface area (Å²) in [4.78, 5) is 2.42. The fourth-order valence-electron chi connectivity index (χ4n) is 4.85. The Balaban J connectivity index is 1.94. The van der Waals surface area contributed by atoms with Gasteiger partial charge in [-0.15, -0.1) is 0 Å². The van der Waals surface area contributed by atoms with E-state index < -0.39 is 6.29 Å². The van der Waals surface area contributed by atoms with Crippen LogP contribution in [0.1, 0.15) is 36.2 Å². The monoisotopic (exact) mass is 361 g/mol. The minimum absolute atomic E-state index is 0.0737. The molecule has 6 nitrogen and oxygen atoms in total. The Morgan fingerprint density at radius 3 is 2.50 bits per heavy atom. The maximum absolute atomic E-state index is 6.37. The fraction of sp³-hybridized carbons (Fsp3) is 0.600. The van der Waals surface area contributed by atoms with Crippen molar-refractivity contribution in [1.82, 2.24) is 4.90 Å². The van der Waals surface area contributed by atoms with Gasteiger partial charge in [-0.3, -0.25) is 4.90 Å². The maximum Gasteiger partial charge on any atom is 0.203 e. The Morgan fingerprint density at radius 1 is 1.08 bits per heavy atom. The zero-order chi connectivity index (χ0) is 18.4. The van der Waals surface area contributed by atoms with Crippen LogP contribution in [0.3, 0.4) is 0 Å². The average Bonchev–Trinajstić information content (AvgIpc) is 3.06. The first-order valence-electron chi connectivity index (χ1n) is 9.04. The zero-order valence-electron chi connectivity index (χ0n) is 16.1. The van der Waals surface area contributed by atoms with Crippen LogP contribution < -0.4 is 14.2 Å². The molecule has 0 spiro atoms. The van der Waals surface area contributed by atoms with Crippen LogP contribution in [0.15, 0.2) is 17.7 Å². The van der Waals surface area contributed by atoms with E-state index in [1.165, 1.54) is 11.1 Å². The normalized spacial score (nSPS) is 30.1. The van der Waals surface area contributed by atoms with E-state index in [9.17, 15) is 0 Å². The summed E-state index contributed by atoms with van der Waals surface area (Å²) in [6.45, 7) is 1.08. The number of rotatable bonds is 4. The Morgan fingerprint density at radius 2 is 1.85 bits per heavy atom. The van der Waals surface area contributed by atoms with E-state index in [0.29, 0.717) is 23.3 Å². The van der Waals surface area contributed by atoms with Crippen LogP contribution in [0.5, 0.6) is 17.2 Å². The van der Waals surface area contributed by atoms with Gasteiger partial charge in [0.15, 0.2) is 17.8 Å². The van der Waals surface area contributed by atoms with Gasteiger partial charge in [0, 0.05) is 25.6 Å². The second-order valence-electron chi connectivity index (χ2n) is 7.11. The van der Waals surface area contributed by atoms with E-state index >= 15 is 0 Å². The molecule has 0 N–H and O–H groups in total. The Bertz CT molecular complexity index is 731. The quantitative estimate of drug-likeness (QED) is 0.769. The molecule has 4 rings (SSSR count). The molecule has 4 atom stereocenters. The molecule has 1 saturated heterocycles. The number of hydrogen-bond acceptors (Lipinski definition) is 6. The third-order valence-electron chi connectivity index (χ3n) is 5.97. The third kappa shape index (κ3) is 2.43. The molecule has 0 unspecified atom stereocenters. The van der Waals surface area contributed by atoms with E-state index in [2.05, 4.69) is 24.1 Å². The molecule has 0 radical (unpaired) electrons. The number of likely N-dealkylation sites (tertiary alicyclic amines) is 1. The molecule has 1 aromatic carbocycles. The molecule has 0 bridgehead atoms. The van der Waals surface area contributed by atoms with Crippen molar-refractivity contribution >= 4 is 0 Å². The Kier molecular flexibility index (Phi) is 4.59. The molecule has 1 aliphatic carbocycles. The highest BCUT2D eigenvalue weighted by Gasteiger charge is 2.48. The fourth-order valence-corrected chi connectivity index (χ4v) is 4.85. The van der Waals surface area contributed by atoms with Crippen LogP contribution in [0, 0.1) is 0 Å². The van der Waals surface area contributed by atoms with Gasteiger partial charge in [-0.05, 0) is 31.5 Å². The van der Waals surface area contributed by atoms with Crippen LogP contribution in [0.4, 0.5) is 0 Å². The lowest BCUT2D eigenvalue weighted by Gasteiger charge is -2.45. The number of likely N-dealkylation sites (N-methyl/N-ethyl adjacent to an activating group) is 1. The van der Waals surface area contributed by atoms with Gasteiger partial charge < -0.3 is 23.7 Å². The molecule has 26 heavy (non-hydrogen) atoms. The van der Waals surface area contributed by atoms with E-state index in [1.54, 1.807) is 28.4 Å². The number of hydrogen-bond donors (Lipinski definition) is 0. The second-order valence-corrected chi connectivity index (χ2v) is 7.11. The topological polar surface area (TPSA) is 49.4 Å². The number of methoxy groups -OCH3 is 4. The molecular weight excluding hydrogens is 334 g/mol. The van der Waals surface area contributed by atoms with E-state index in [4.69, 9.17) is 23.7 Å². The molecule has 6 heteroatoms. The van der Waals surface area contributed by atoms with Gasteiger partial charge >= 0.3 is 0 Å². The number of nitrogens with zero attached hydrogens (tertiary/aromatic N) is 1. The molecule has 3 aliphatic rings. The van der Waals surface area contributed by atoms with Crippen molar-refractivity contribution < 1.29 is 23.7 Å². The van der Waals surface area contributed by atoms with Gasteiger partial charge in [-0.1, -0.05) is 11.6 Å². The average molecular weight is 361 g/mol. The van der Waals surface area contributed by atoms with E-state index in [0.717, 1.165) is 24.9 Å². The summed E-state index contributed by atoms with van der Waals surface area (Å²) >= 11 is 0. The molecular formula is C20H27NO5. The predicted octanol–water partition coefficient (Wildman–Crippen LogP) is 2.87. The second kappa shape index (κ2) is 6.76. The minimum Gasteiger partial charge on any atom is -0.493 e. The van der Waals surface area contributed by atoms with Crippen molar-refractivity contribution in [2.75, 3.05) is 42.0 Å². The van der Waals surface area contributed by atoms with Crippen molar-refractivity contribution in [1.29, 1.82) is 0 Å². The molecule has 1 aromatic rings. The number of fused-ring (bicyclic) bond motifs is 5. The van der Waals surface area contributed by atoms with Crippen LogP contribution in [-0.2, 0) is 9.47 Å². The first-order chi connectivity index (χ1) is 12.6. The number of benzene rings is 1. The van der Waals surface area contributed by atoms with Gasteiger partial charge in [-0.2, -0.15) is 0 Å². The van der Waals surface area contributed by atoms with E-state index in [-0.39, 0.29) is 12.0 Å². The summed E-state index contributed by atoms with van der Waals surface area (Å²) in [6, 6.07) is 2.42. The summed E-state index contributed by atoms with van der Waals surface area (Å²) in [6.07, 6.45) is 3.97.